The van der Waals surface area contributed by atoms with Crippen LogP contribution in [0.5, 0.6) is 0 Å². The van der Waals surface area contributed by atoms with E-state index in [1.54, 1.807) is 0 Å². The molecular weight excluding hydrogens is 282 g/mol. The second kappa shape index (κ2) is 5.19. The van der Waals surface area contributed by atoms with Gasteiger partial charge >= 0.3 is 0 Å². The van der Waals surface area contributed by atoms with Crippen molar-refractivity contribution in [2.75, 3.05) is 0 Å². The standard InChI is InChI=1S/C20H15N3/c21-13-16-19(14-7-2-1-3-8-14)15-9-4-5-10-17(15)23-12-6-11-18(23)20(16)22/h1-12,19H,22H2. The lowest BCUT2D eigenvalue weighted by Crippen LogP contribution is -2.08. The van der Waals surface area contributed by atoms with Gasteiger partial charge in [-0.3, -0.25) is 0 Å². The molecular formula is C20H15N3. The number of benzene rings is 2. The molecule has 0 spiro atoms. The van der Waals surface area contributed by atoms with E-state index < -0.39 is 0 Å². The zero-order valence-electron chi connectivity index (χ0n) is 12.5. The van der Waals surface area contributed by atoms with Gasteiger partial charge in [-0.1, -0.05) is 48.5 Å². The van der Waals surface area contributed by atoms with Crippen LogP contribution in [-0.2, 0) is 0 Å². The molecule has 2 aromatic carbocycles. The van der Waals surface area contributed by atoms with Crippen LogP contribution in [0.3, 0.4) is 0 Å². The first-order valence-electron chi connectivity index (χ1n) is 7.53. The molecule has 1 aliphatic heterocycles. The number of hydrogen-bond donors (Lipinski definition) is 1. The van der Waals surface area contributed by atoms with Crippen molar-refractivity contribution in [1.29, 1.82) is 5.26 Å². The summed E-state index contributed by atoms with van der Waals surface area (Å²) in [7, 11) is 0. The summed E-state index contributed by atoms with van der Waals surface area (Å²) in [5.41, 5.74) is 11.6. The van der Waals surface area contributed by atoms with E-state index in [0.717, 1.165) is 22.5 Å². The second-order valence-corrected chi connectivity index (χ2v) is 5.61. The van der Waals surface area contributed by atoms with E-state index in [0.29, 0.717) is 11.3 Å². The van der Waals surface area contributed by atoms with Crippen LogP contribution in [0.1, 0.15) is 22.7 Å². The molecule has 2 N–H and O–H groups in total. The minimum Gasteiger partial charge on any atom is -0.396 e. The molecule has 0 aliphatic carbocycles. The maximum atomic E-state index is 9.81. The number of aromatic nitrogens is 1. The number of nitrogens with zero attached hydrogens (tertiary/aromatic N) is 2. The normalized spacial score (nSPS) is 16.2. The molecule has 1 aromatic heterocycles. The van der Waals surface area contributed by atoms with Gasteiger partial charge in [0, 0.05) is 17.8 Å². The van der Waals surface area contributed by atoms with Gasteiger partial charge in [0.25, 0.3) is 0 Å². The summed E-state index contributed by atoms with van der Waals surface area (Å²) in [6, 6.07) is 24.5. The van der Waals surface area contributed by atoms with Gasteiger partial charge in [-0.15, -0.1) is 0 Å². The van der Waals surface area contributed by atoms with Crippen LogP contribution in [0, 0.1) is 11.3 Å². The molecule has 1 unspecified atom stereocenters. The Morgan fingerprint density at radius 1 is 0.913 bits per heavy atom. The number of hydrogen-bond acceptors (Lipinski definition) is 2. The van der Waals surface area contributed by atoms with Crippen LogP contribution in [0.25, 0.3) is 11.4 Å². The van der Waals surface area contributed by atoms with Gasteiger partial charge in [0.1, 0.15) is 0 Å². The number of para-hydroxylation sites is 1. The summed E-state index contributed by atoms with van der Waals surface area (Å²) in [6.07, 6.45) is 1.99. The molecule has 0 saturated heterocycles. The maximum Gasteiger partial charge on any atom is 0.0979 e. The van der Waals surface area contributed by atoms with Crippen LogP contribution in [0.2, 0.25) is 0 Å². The van der Waals surface area contributed by atoms with Crippen LogP contribution in [0.4, 0.5) is 0 Å². The van der Waals surface area contributed by atoms with Crippen LogP contribution < -0.4 is 5.73 Å². The van der Waals surface area contributed by atoms with Crippen LogP contribution in [0.15, 0.2) is 78.5 Å². The monoisotopic (exact) mass is 297 g/mol. The highest BCUT2D eigenvalue weighted by Gasteiger charge is 2.29. The third-order valence-corrected chi connectivity index (χ3v) is 4.36. The van der Waals surface area contributed by atoms with E-state index in [2.05, 4.69) is 22.8 Å². The second-order valence-electron chi connectivity index (χ2n) is 5.61. The molecule has 3 aromatic rings. The Labute approximate surface area is 134 Å². The molecule has 4 rings (SSSR count). The lowest BCUT2D eigenvalue weighted by Gasteiger charge is -2.19. The molecule has 23 heavy (non-hydrogen) atoms. The van der Waals surface area contributed by atoms with Gasteiger partial charge in [0.05, 0.1) is 23.0 Å². The average Bonchev–Trinajstić information content (AvgIpc) is 3.06. The van der Waals surface area contributed by atoms with Gasteiger partial charge < -0.3 is 10.3 Å². The molecule has 0 saturated carbocycles. The lowest BCUT2D eigenvalue weighted by molar-refractivity contribution is 0.959. The molecule has 1 atom stereocenters. The van der Waals surface area contributed by atoms with Gasteiger partial charge in [0.2, 0.25) is 0 Å². The highest BCUT2D eigenvalue weighted by atomic mass is 15.0. The van der Waals surface area contributed by atoms with Crippen molar-refractivity contribution in [2.45, 2.75) is 5.92 Å². The molecule has 0 fully saturated rings. The molecule has 3 nitrogen and oxygen atoms in total. The van der Waals surface area contributed by atoms with Crippen molar-refractivity contribution in [3.8, 4) is 11.8 Å². The summed E-state index contributed by atoms with van der Waals surface area (Å²) in [5.74, 6) is -0.155. The van der Waals surface area contributed by atoms with Gasteiger partial charge in [0.15, 0.2) is 0 Å². The Morgan fingerprint density at radius 2 is 1.65 bits per heavy atom. The Kier molecular flexibility index (Phi) is 3.03. The van der Waals surface area contributed by atoms with Crippen molar-refractivity contribution in [3.05, 3.63) is 95.3 Å². The number of rotatable bonds is 1. The predicted octanol–water partition coefficient (Wildman–Crippen LogP) is 3.82. The van der Waals surface area contributed by atoms with E-state index in [4.69, 9.17) is 5.73 Å². The number of allylic oxidation sites excluding steroid dienone is 1. The molecule has 1 aliphatic rings. The highest BCUT2D eigenvalue weighted by molar-refractivity contribution is 5.75. The number of nitrogens with two attached hydrogens (primary N) is 1. The molecule has 110 valence electrons. The Hall–Kier alpha value is -3.25. The predicted molar refractivity (Wildman–Crippen MR) is 90.8 cm³/mol. The first-order valence-corrected chi connectivity index (χ1v) is 7.53. The summed E-state index contributed by atoms with van der Waals surface area (Å²) in [4.78, 5) is 0. The van der Waals surface area contributed by atoms with E-state index >= 15 is 0 Å². The molecule has 3 heteroatoms. The first-order chi connectivity index (χ1) is 11.3. The SMILES string of the molecule is N#CC1=C(N)c2cccn2-c2ccccc2C1c1ccccc1. The number of nitriles is 1. The molecule has 2 heterocycles. The third-order valence-electron chi connectivity index (χ3n) is 4.36. The van der Waals surface area contributed by atoms with Crippen LogP contribution >= 0.6 is 0 Å². The maximum absolute atomic E-state index is 9.81. The smallest absolute Gasteiger partial charge is 0.0979 e. The molecule has 0 amide bonds. The zero-order chi connectivity index (χ0) is 15.8. The summed E-state index contributed by atoms with van der Waals surface area (Å²) in [5, 5.41) is 9.81. The minimum absolute atomic E-state index is 0.155. The highest BCUT2D eigenvalue weighted by Crippen LogP contribution is 2.40. The minimum atomic E-state index is -0.155. The van der Waals surface area contributed by atoms with Crippen molar-refractivity contribution in [1.82, 2.24) is 4.57 Å². The quantitative estimate of drug-likeness (QED) is 0.742. The van der Waals surface area contributed by atoms with Crippen molar-refractivity contribution in [3.63, 3.8) is 0 Å². The fourth-order valence-corrected chi connectivity index (χ4v) is 3.33. The topological polar surface area (TPSA) is 54.7 Å². The third kappa shape index (κ3) is 1.96. The van der Waals surface area contributed by atoms with Crippen molar-refractivity contribution < 1.29 is 0 Å². The number of fused-ring (bicyclic) bond motifs is 3. The molecule has 0 radical (unpaired) electrons. The van der Waals surface area contributed by atoms with E-state index in [1.807, 2.05) is 60.8 Å². The zero-order valence-corrected chi connectivity index (χ0v) is 12.5. The van der Waals surface area contributed by atoms with Gasteiger partial charge in [-0.05, 0) is 29.3 Å². The fraction of sp³-hybridized carbons (Fsp3) is 0.0500. The Bertz CT molecular complexity index is 942. The van der Waals surface area contributed by atoms with Gasteiger partial charge in [-0.2, -0.15) is 5.26 Å². The van der Waals surface area contributed by atoms with Crippen molar-refractivity contribution in [2.24, 2.45) is 5.73 Å². The Morgan fingerprint density at radius 3 is 2.43 bits per heavy atom. The van der Waals surface area contributed by atoms with Gasteiger partial charge in [-0.25, -0.2) is 0 Å². The van der Waals surface area contributed by atoms with Crippen molar-refractivity contribution >= 4 is 5.70 Å². The summed E-state index contributed by atoms with van der Waals surface area (Å²) >= 11 is 0. The van der Waals surface area contributed by atoms with E-state index in [9.17, 15) is 5.26 Å². The summed E-state index contributed by atoms with van der Waals surface area (Å²) in [6.45, 7) is 0. The van der Waals surface area contributed by atoms with E-state index in [-0.39, 0.29) is 5.92 Å². The Balaban J connectivity index is 2.10. The fourth-order valence-electron chi connectivity index (χ4n) is 3.33. The first kappa shape index (κ1) is 13.4. The van der Waals surface area contributed by atoms with E-state index in [1.165, 1.54) is 0 Å². The molecule has 0 bridgehead atoms. The lowest BCUT2D eigenvalue weighted by atomic mass is 9.84. The largest absolute Gasteiger partial charge is 0.396 e. The van der Waals surface area contributed by atoms with Crippen LogP contribution in [-0.4, -0.2) is 4.57 Å². The summed E-state index contributed by atoms with van der Waals surface area (Å²) < 4.78 is 2.06. The average molecular weight is 297 g/mol.